The Morgan fingerprint density at radius 1 is 1.05 bits per heavy atom. The lowest BCUT2D eigenvalue weighted by Gasteiger charge is -2.08. The van der Waals surface area contributed by atoms with E-state index in [0.29, 0.717) is 11.3 Å². The summed E-state index contributed by atoms with van der Waals surface area (Å²) in [6, 6.07) is 7.62. The molecule has 0 amide bonds. The first-order valence-corrected chi connectivity index (χ1v) is 5.37. The highest BCUT2D eigenvalue weighted by atomic mass is 19.4. The maximum Gasteiger partial charge on any atom is 0.490 e. The van der Waals surface area contributed by atoms with Gasteiger partial charge in [-0.15, -0.1) is 0 Å². The molecule has 98 valence electrons. The lowest BCUT2D eigenvalue weighted by Crippen LogP contribution is -2.29. The fourth-order valence-electron chi connectivity index (χ4n) is 1.58. The summed E-state index contributed by atoms with van der Waals surface area (Å²) in [4.78, 5) is 3.91. The minimum atomic E-state index is -4.41. The molecule has 0 saturated heterocycles. The van der Waals surface area contributed by atoms with Crippen LogP contribution in [0.5, 0.6) is 0 Å². The van der Waals surface area contributed by atoms with Gasteiger partial charge < -0.3 is 10.0 Å². The van der Waals surface area contributed by atoms with Crippen LogP contribution in [0.3, 0.4) is 0 Å². The Morgan fingerprint density at radius 2 is 1.79 bits per heavy atom. The van der Waals surface area contributed by atoms with Gasteiger partial charge in [0, 0.05) is 17.2 Å². The Morgan fingerprint density at radius 3 is 2.32 bits per heavy atom. The number of alkyl halides is 3. The summed E-state index contributed by atoms with van der Waals surface area (Å²) in [6.45, 7) is 0. The van der Waals surface area contributed by atoms with E-state index >= 15 is 0 Å². The first kappa shape index (κ1) is 13.6. The summed E-state index contributed by atoms with van der Waals surface area (Å²) >= 11 is 0. The molecular formula is C12H9BF3NO2. The molecule has 0 spiro atoms. The third-order valence-corrected chi connectivity index (χ3v) is 2.57. The van der Waals surface area contributed by atoms with Crippen molar-refractivity contribution in [3.63, 3.8) is 0 Å². The van der Waals surface area contributed by atoms with Crippen LogP contribution in [-0.4, -0.2) is 22.2 Å². The van der Waals surface area contributed by atoms with E-state index in [1.807, 2.05) is 0 Å². The molecule has 0 radical (unpaired) electrons. The van der Waals surface area contributed by atoms with E-state index in [-0.39, 0.29) is 5.46 Å². The molecule has 1 aromatic heterocycles. The van der Waals surface area contributed by atoms with E-state index in [0.717, 1.165) is 12.1 Å². The molecule has 1 heterocycles. The maximum absolute atomic E-state index is 12.6. The van der Waals surface area contributed by atoms with E-state index < -0.39 is 18.9 Å². The normalized spacial score (nSPS) is 11.4. The first-order chi connectivity index (χ1) is 8.88. The molecule has 0 aliphatic rings. The van der Waals surface area contributed by atoms with Crippen LogP contribution < -0.4 is 5.46 Å². The first-order valence-electron chi connectivity index (χ1n) is 5.37. The lowest BCUT2D eigenvalue weighted by molar-refractivity contribution is -0.137. The minimum Gasteiger partial charge on any atom is -0.423 e. The minimum absolute atomic E-state index is 0.177. The lowest BCUT2D eigenvalue weighted by atomic mass is 9.81. The number of hydrogen-bond donors (Lipinski definition) is 2. The predicted octanol–water partition coefficient (Wildman–Crippen LogP) is 1.45. The number of nitrogens with zero attached hydrogens (tertiary/aromatic N) is 1. The molecule has 0 fully saturated rings. The smallest absolute Gasteiger partial charge is 0.423 e. The van der Waals surface area contributed by atoms with Gasteiger partial charge >= 0.3 is 13.3 Å². The maximum atomic E-state index is 12.6. The second kappa shape index (κ2) is 5.03. The van der Waals surface area contributed by atoms with Crippen molar-refractivity contribution >= 4 is 12.6 Å². The van der Waals surface area contributed by atoms with Crippen LogP contribution >= 0.6 is 0 Å². The number of pyridine rings is 1. The van der Waals surface area contributed by atoms with Crippen molar-refractivity contribution in [3.05, 3.63) is 48.2 Å². The molecule has 0 saturated carbocycles. The fourth-order valence-corrected chi connectivity index (χ4v) is 1.58. The fraction of sp³-hybridized carbons (Fsp3) is 0.0833. The van der Waals surface area contributed by atoms with E-state index in [1.165, 1.54) is 30.5 Å². The van der Waals surface area contributed by atoms with Gasteiger partial charge in [0.2, 0.25) is 0 Å². The molecule has 2 rings (SSSR count). The van der Waals surface area contributed by atoms with Gasteiger partial charge in [0.1, 0.15) is 0 Å². The molecule has 19 heavy (non-hydrogen) atoms. The van der Waals surface area contributed by atoms with Crippen molar-refractivity contribution < 1.29 is 23.2 Å². The number of benzene rings is 1. The average molecular weight is 267 g/mol. The third-order valence-electron chi connectivity index (χ3n) is 2.57. The molecule has 1 aromatic carbocycles. The van der Waals surface area contributed by atoms with Gasteiger partial charge in [0.15, 0.2) is 0 Å². The Bertz CT molecular complexity index is 570. The molecule has 2 aromatic rings. The van der Waals surface area contributed by atoms with Gasteiger partial charge in [-0.25, -0.2) is 0 Å². The van der Waals surface area contributed by atoms with Crippen molar-refractivity contribution in [1.29, 1.82) is 0 Å². The highest BCUT2D eigenvalue weighted by Crippen LogP contribution is 2.31. The zero-order chi connectivity index (χ0) is 14.0. The van der Waals surface area contributed by atoms with Crippen molar-refractivity contribution in [3.8, 4) is 11.3 Å². The van der Waals surface area contributed by atoms with Gasteiger partial charge in [-0.1, -0.05) is 18.2 Å². The largest absolute Gasteiger partial charge is 0.490 e. The average Bonchev–Trinajstić information content (AvgIpc) is 2.38. The highest BCUT2D eigenvalue weighted by Gasteiger charge is 2.30. The number of rotatable bonds is 2. The van der Waals surface area contributed by atoms with E-state index in [2.05, 4.69) is 4.98 Å². The Balaban J connectivity index is 2.37. The Labute approximate surface area is 107 Å². The quantitative estimate of drug-likeness (QED) is 0.809. The van der Waals surface area contributed by atoms with Gasteiger partial charge in [-0.2, -0.15) is 13.2 Å². The summed E-state index contributed by atoms with van der Waals surface area (Å²) in [5, 5.41) is 17.8. The summed E-state index contributed by atoms with van der Waals surface area (Å²) in [7, 11) is -1.65. The number of hydrogen-bond acceptors (Lipinski definition) is 3. The monoisotopic (exact) mass is 267 g/mol. The molecule has 0 aliphatic carbocycles. The van der Waals surface area contributed by atoms with Crippen molar-refractivity contribution in [2.24, 2.45) is 0 Å². The van der Waals surface area contributed by atoms with Crippen molar-refractivity contribution in [1.82, 2.24) is 4.98 Å². The Kier molecular flexibility index (Phi) is 3.59. The van der Waals surface area contributed by atoms with Gasteiger partial charge in [-0.3, -0.25) is 4.98 Å². The van der Waals surface area contributed by atoms with Crippen LogP contribution in [0.2, 0.25) is 0 Å². The summed E-state index contributed by atoms with van der Waals surface area (Å²) in [5.74, 6) is 0. The molecule has 0 aliphatic heterocycles. The second-order valence-corrected chi connectivity index (χ2v) is 3.93. The van der Waals surface area contributed by atoms with Crippen LogP contribution in [0, 0.1) is 0 Å². The zero-order valence-electron chi connectivity index (χ0n) is 9.59. The van der Waals surface area contributed by atoms with Crippen LogP contribution in [-0.2, 0) is 6.18 Å². The number of halogens is 3. The predicted molar refractivity (Wildman–Crippen MR) is 64.5 cm³/mol. The molecule has 0 unspecified atom stereocenters. The standard InChI is InChI=1S/C12H9BF3NO2/c14-12(15,16)9-3-1-2-8(6-9)11-5-4-10(7-17-11)13(18)19/h1-7,18-19H. The second-order valence-electron chi connectivity index (χ2n) is 3.93. The highest BCUT2D eigenvalue weighted by molar-refractivity contribution is 6.58. The summed E-state index contributed by atoms with van der Waals surface area (Å²) in [6.07, 6.45) is -3.20. The van der Waals surface area contributed by atoms with E-state index in [9.17, 15) is 13.2 Å². The van der Waals surface area contributed by atoms with Gasteiger partial charge in [0.05, 0.1) is 11.3 Å². The topological polar surface area (TPSA) is 53.4 Å². The third kappa shape index (κ3) is 3.13. The SMILES string of the molecule is OB(O)c1ccc(-c2cccc(C(F)(F)F)c2)nc1. The van der Waals surface area contributed by atoms with Crippen LogP contribution in [0.4, 0.5) is 13.2 Å². The van der Waals surface area contributed by atoms with Crippen LogP contribution in [0.1, 0.15) is 5.56 Å². The van der Waals surface area contributed by atoms with Crippen molar-refractivity contribution in [2.75, 3.05) is 0 Å². The van der Waals surface area contributed by atoms with Gasteiger partial charge in [0.25, 0.3) is 0 Å². The molecule has 2 N–H and O–H groups in total. The molecule has 3 nitrogen and oxygen atoms in total. The van der Waals surface area contributed by atoms with E-state index in [4.69, 9.17) is 10.0 Å². The molecular weight excluding hydrogens is 258 g/mol. The van der Waals surface area contributed by atoms with E-state index in [1.54, 1.807) is 0 Å². The molecule has 7 heteroatoms. The zero-order valence-corrected chi connectivity index (χ0v) is 9.59. The summed E-state index contributed by atoms with van der Waals surface area (Å²) in [5.41, 5.74) is 0.0677. The van der Waals surface area contributed by atoms with Crippen molar-refractivity contribution in [2.45, 2.75) is 6.18 Å². The molecule has 0 atom stereocenters. The number of aromatic nitrogens is 1. The van der Waals surface area contributed by atoms with Crippen LogP contribution in [0.15, 0.2) is 42.6 Å². The summed E-state index contributed by atoms with van der Waals surface area (Å²) < 4.78 is 37.7. The van der Waals surface area contributed by atoms with Gasteiger partial charge in [-0.05, 0) is 18.2 Å². The Hall–Kier alpha value is -1.86. The molecule has 0 bridgehead atoms. The van der Waals surface area contributed by atoms with Crippen LogP contribution in [0.25, 0.3) is 11.3 Å².